The van der Waals surface area contributed by atoms with E-state index in [0.717, 1.165) is 6.07 Å². The summed E-state index contributed by atoms with van der Waals surface area (Å²) < 4.78 is 14.3. The van der Waals surface area contributed by atoms with Gasteiger partial charge in [-0.1, -0.05) is 15.9 Å². The van der Waals surface area contributed by atoms with Crippen LogP contribution in [0.1, 0.15) is 20.8 Å². The molecule has 1 heterocycles. The zero-order chi connectivity index (χ0) is 14.7. The predicted molar refractivity (Wildman–Crippen MR) is 77.5 cm³/mol. The number of nitrogens with one attached hydrogen (secondary N) is 3. The lowest BCUT2D eigenvalue weighted by molar-refractivity contribution is 0.0844. The van der Waals surface area contributed by atoms with Gasteiger partial charge in [0, 0.05) is 20.7 Å². The molecule has 1 aromatic heterocycles. The first-order valence-corrected chi connectivity index (χ1v) is 6.95. The number of benzene rings is 1. The molecule has 0 radical (unpaired) electrons. The van der Waals surface area contributed by atoms with Gasteiger partial charge in [-0.25, -0.2) is 4.39 Å². The number of hydrazine groups is 1. The Morgan fingerprint density at radius 3 is 2.30 bits per heavy atom. The maximum absolute atomic E-state index is 13.1. The van der Waals surface area contributed by atoms with Crippen molar-refractivity contribution in [2.75, 3.05) is 0 Å². The van der Waals surface area contributed by atoms with Gasteiger partial charge in [0.15, 0.2) is 0 Å². The van der Waals surface area contributed by atoms with Crippen LogP contribution in [-0.4, -0.2) is 16.8 Å². The van der Waals surface area contributed by atoms with Gasteiger partial charge in [0.1, 0.15) is 11.5 Å². The Kier molecular flexibility index (Phi) is 4.56. The van der Waals surface area contributed by atoms with Crippen LogP contribution in [0, 0.1) is 5.82 Å². The average Bonchev–Trinajstić information content (AvgIpc) is 2.81. The number of hydrogen-bond donors (Lipinski definition) is 3. The number of carbonyl (C=O) groups excluding carboxylic acids is 2. The fourth-order valence-electron chi connectivity index (χ4n) is 1.44. The van der Waals surface area contributed by atoms with Crippen LogP contribution < -0.4 is 10.9 Å². The van der Waals surface area contributed by atoms with Gasteiger partial charge >= 0.3 is 0 Å². The third-order valence-electron chi connectivity index (χ3n) is 2.31. The van der Waals surface area contributed by atoms with Gasteiger partial charge in [-0.3, -0.25) is 20.4 Å². The van der Waals surface area contributed by atoms with Crippen LogP contribution in [0.2, 0.25) is 0 Å². The Balaban J connectivity index is 2.00. The maximum atomic E-state index is 13.1. The van der Waals surface area contributed by atoms with Crippen molar-refractivity contribution < 1.29 is 14.0 Å². The van der Waals surface area contributed by atoms with Crippen LogP contribution in [0.3, 0.4) is 0 Å². The quantitative estimate of drug-likeness (QED) is 0.673. The molecule has 2 aromatic rings. The van der Waals surface area contributed by atoms with Gasteiger partial charge in [-0.05, 0) is 40.2 Å². The molecule has 0 aliphatic carbocycles. The SMILES string of the molecule is O=C(NNC(=O)c1cc(Br)c[nH]1)c1cc(F)cc(Br)c1. The normalized spacial score (nSPS) is 10.2. The van der Waals surface area contributed by atoms with E-state index in [2.05, 4.69) is 47.7 Å². The molecule has 0 atom stereocenters. The van der Waals surface area contributed by atoms with Crippen molar-refractivity contribution in [1.82, 2.24) is 15.8 Å². The summed E-state index contributed by atoms with van der Waals surface area (Å²) in [5.41, 5.74) is 4.78. The summed E-state index contributed by atoms with van der Waals surface area (Å²) >= 11 is 6.27. The van der Waals surface area contributed by atoms with Crippen LogP contribution in [-0.2, 0) is 0 Å². The highest BCUT2D eigenvalue weighted by molar-refractivity contribution is 9.10. The summed E-state index contributed by atoms with van der Waals surface area (Å²) in [5.74, 6) is -1.69. The van der Waals surface area contributed by atoms with E-state index in [1.54, 1.807) is 12.3 Å². The molecule has 0 bridgehead atoms. The molecular formula is C12H8Br2FN3O2. The molecule has 0 fully saturated rings. The van der Waals surface area contributed by atoms with Crippen LogP contribution in [0.15, 0.2) is 39.4 Å². The number of H-pyrrole nitrogens is 1. The molecule has 0 unspecified atom stereocenters. The minimum Gasteiger partial charge on any atom is -0.356 e. The number of rotatable bonds is 2. The minimum absolute atomic E-state index is 0.0878. The summed E-state index contributed by atoms with van der Waals surface area (Å²) in [6, 6.07) is 5.29. The second-order valence-corrected chi connectivity index (χ2v) is 5.63. The van der Waals surface area contributed by atoms with Gasteiger partial charge in [-0.2, -0.15) is 0 Å². The third kappa shape index (κ3) is 3.67. The van der Waals surface area contributed by atoms with Gasteiger partial charge < -0.3 is 4.98 Å². The molecule has 8 heteroatoms. The van der Waals surface area contributed by atoms with Crippen molar-refractivity contribution in [3.63, 3.8) is 0 Å². The molecule has 0 saturated heterocycles. The topological polar surface area (TPSA) is 74.0 Å². The van der Waals surface area contributed by atoms with Crippen LogP contribution in [0.25, 0.3) is 0 Å². The second-order valence-electron chi connectivity index (χ2n) is 3.80. The fraction of sp³-hybridized carbons (Fsp3) is 0. The average molecular weight is 405 g/mol. The summed E-state index contributed by atoms with van der Waals surface area (Å²) in [6.07, 6.45) is 1.58. The Hall–Kier alpha value is -1.67. The maximum Gasteiger partial charge on any atom is 0.286 e. The molecule has 20 heavy (non-hydrogen) atoms. The van der Waals surface area contributed by atoms with E-state index in [4.69, 9.17) is 0 Å². The molecular weight excluding hydrogens is 397 g/mol. The van der Waals surface area contributed by atoms with E-state index < -0.39 is 17.6 Å². The van der Waals surface area contributed by atoms with E-state index in [-0.39, 0.29) is 11.3 Å². The highest BCUT2D eigenvalue weighted by atomic mass is 79.9. The number of carbonyl (C=O) groups is 2. The Bertz CT molecular complexity index is 652. The first kappa shape index (κ1) is 14.7. The second kappa shape index (κ2) is 6.19. The standard InChI is InChI=1S/C12H8Br2FN3O2/c13-7-1-6(2-9(15)3-7)11(19)17-18-12(20)10-4-8(14)5-16-10/h1-5,16H,(H,17,19)(H,18,20). The van der Waals surface area contributed by atoms with Crippen LogP contribution in [0.4, 0.5) is 4.39 Å². The van der Waals surface area contributed by atoms with Gasteiger partial charge in [-0.15, -0.1) is 0 Å². The summed E-state index contributed by atoms with van der Waals surface area (Å²) in [7, 11) is 0. The number of hydrogen-bond acceptors (Lipinski definition) is 2. The Morgan fingerprint density at radius 2 is 1.70 bits per heavy atom. The largest absolute Gasteiger partial charge is 0.356 e. The van der Waals surface area contributed by atoms with Gasteiger partial charge in [0.25, 0.3) is 11.8 Å². The lowest BCUT2D eigenvalue weighted by Gasteiger charge is -2.07. The molecule has 2 rings (SSSR count). The molecule has 2 amide bonds. The fourth-order valence-corrected chi connectivity index (χ4v) is 2.25. The Morgan fingerprint density at radius 1 is 1.00 bits per heavy atom. The lowest BCUT2D eigenvalue weighted by Crippen LogP contribution is -2.41. The number of aromatic amines is 1. The van der Waals surface area contributed by atoms with E-state index in [9.17, 15) is 14.0 Å². The number of aromatic nitrogens is 1. The van der Waals surface area contributed by atoms with Crippen LogP contribution in [0.5, 0.6) is 0 Å². The van der Waals surface area contributed by atoms with Crippen LogP contribution >= 0.6 is 31.9 Å². The van der Waals surface area contributed by atoms with Crippen molar-refractivity contribution in [3.05, 3.63) is 56.5 Å². The monoisotopic (exact) mass is 403 g/mol. The molecule has 104 valence electrons. The molecule has 0 aliphatic rings. The molecule has 0 saturated carbocycles. The first-order valence-electron chi connectivity index (χ1n) is 5.36. The molecule has 3 N–H and O–H groups in total. The first-order chi connectivity index (χ1) is 9.45. The van der Waals surface area contributed by atoms with Crippen molar-refractivity contribution in [2.24, 2.45) is 0 Å². The summed E-state index contributed by atoms with van der Waals surface area (Å²) in [4.78, 5) is 26.1. The number of amides is 2. The highest BCUT2D eigenvalue weighted by Gasteiger charge is 2.11. The highest BCUT2D eigenvalue weighted by Crippen LogP contribution is 2.14. The van der Waals surface area contributed by atoms with Crippen molar-refractivity contribution in [3.8, 4) is 0 Å². The van der Waals surface area contributed by atoms with E-state index in [1.165, 1.54) is 12.1 Å². The van der Waals surface area contributed by atoms with Crippen molar-refractivity contribution in [2.45, 2.75) is 0 Å². The van der Waals surface area contributed by atoms with Crippen molar-refractivity contribution in [1.29, 1.82) is 0 Å². The van der Waals surface area contributed by atoms with E-state index in [0.29, 0.717) is 8.95 Å². The smallest absolute Gasteiger partial charge is 0.286 e. The number of halogens is 3. The molecule has 0 spiro atoms. The summed E-state index contributed by atoms with van der Waals surface area (Å²) in [6.45, 7) is 0. The minimum atomic E-state index is -0.621. The predicted octanol–water partition coefficient (Wildman–Crippen LogP) is 2.75. The van der Waals surface area contributed by atoms with E-state index >= 15 is 0 Å². The van der Waals surface area contributed by atoms with Crippen molar-refractivity contribution >= 4 is 43.7 Å². The zero-order valence-electron chi connectivity index (χ0n) is 9.84. The molecule has 1 aromatic carbocycles. The summed E-state index contributed by atoms with van der Waals surface area (Å²) in [5, 5.41) is 0. The Labute approximate surface area is 130 Å². The third-order valence-corrected chi connectivity index (χ3v) is 3.22. The molecule has 5 nitrogen and oxygen atoms in total. The van der Waals surface area contributed by atoms with Gasteiger partial charge in [0.2, 0.25) is 0 Å². The van der Waals surface area contributed by atoms with Gasteiger partial charge in [0.05, 0.1) is 0 Å². The molecule has 0 aliphatic heterocycles. The zero-order valence-corrected chi connectivity index (χ0v) is 13.0. The lowest BCUT2D eigenvalue weighted by atomic mass is 10.2. The van der Waals surface area contributed by atoms with E-state index in [1.807, 2.05) is 0 Å².